The zero-order valence-corrected chi connectivity index (χ0v) is 14.6. The van der Waals surface area contributed by atoms with Crippen molar-refractivity contribution in [2.24, 2.45) is 0 Å². The van der Waals surface area contributed by atoms with Crippen LogP contribution in [0.25, 0.3) is 0 Å². The summed E-state index contributed by atoms with van der Waals surface area (Å²) in [5.41, 5.74) is 2.92. The number of carbonyl (C=O) groups is 1. The van der Waals surface area contributed by atoms with E-state index in [1.54, 1.807) is 31.2 Å². The Morgan fingerprint density at radius 2 is 1.67 bits per heavy atom. The molecule has 0 aliphatic carbocycles. The molecule has 3 N–H and O–H groups in total. The number of hydrogen-bond donors (Lipinski definition) is 3. The summed E-state index contributed by atoms with van der Waals surface area (Å²) < 4.78 is 25.4. The van der Waals surface area contributed by atoms with E-state index in [-0.39, 0.29) is 12.1 Å². The van der Waals surface area contributed by atoms with Gasteiger partial charge in [0.25, 0.3) is 0 Å². The summed E-state index contributed by atoms with van der Waals surface area (Å²) in [5.74, 6) is 0. The van der Waals surface area contributed by atoms with E-state index in [2.05, 4.69) is 15.4 Å². The van der Waals surface area contributed by atoms with Crippen LogP contribution in [0.4, 0.5) is 16.2 Å². The van der Waals surface area contributed by atoms with Crippen molar-refractivity contribution in [1.29, 1.82) is 0 Å². The molecular weight excluding hydrogens is 326 g/mol. The largest absolute Gasteiger partial charge is 0.331 e. The molecule has 0 bridgehead atoms. The van der Waals surface area contributed by atoms with E-state index in [4.69, 9.17) is 0 Å². The first-order valence-electron chi connectivity index (χ1n) is 7.45. The zero-order valence-electron chi connectivity index (χ0n) is 13.8. The van der Waals surface area contributed by atoms with Gasteiger partial charge in [-0.25, -0.2) is 13.2 Å². The summed E-state index contributed by atoms with van der Waals surface area (Å²) in [6.45, 7) is 3.76. The van der Waals surface area contributed by atoms with Crippen molar-refractivity contribution in [2.45, 2.75) is 19.9 Å². The Kier molecular flexibility index (Phi) is 5.46. The van der Waals surface area contributed by atoms with E-state index >= 15 is 0 Å². The minimum atomic E-state index is -3.39. The first-order chi connectivity index (χ1) is 11.2. The van der Waals surface area contributed by atoms with Gasteiger partial charge in [-0.15, -0.1) is 0 Å². The van der Waals surface area contributed by atoms with Crippen LogP contribution in [0.15, 0.2) is 48.5 Å². The summed E-state index contributed by atoms with van der Waals surface area (Å²) in [7, 11) is -3.39. The van der Waals surface area contributed by atoms with Crippen LogP contribution in [0.3, 0.4) is 0 Å². The number of para-hydroxylation sites is 1. The molecule has 0 fully saturated rings. The number of sulfonamides is 1. The van der Waals surface area contributed by atoms with Gasteiger partial charge in [-0.2, -0.15) is 0 Å². The van der Waals surface area contributed by atoms with Gasteiger partial charge in [0.1, 0.15) is 0 Å². The Morgan fingerprint density at radius 1 is 1.04 bits per heavy atom. The van der Waals surface area contributed by atoms with Crippen molar-refractivity contribution in [3.63, 3.8) is 0 Å². The van der Waals surface area contributed by atoms with E-state index in [1.807, 2.05) is 31.2 Å². The van der Waals surface area contributed by atoms with Gasteiger partial charge in [-0.3, -0.25) is 4.72 Å². The van der Waals surface area contributed by atoms with Crippen LogP contribution >= 0.6 is 0 Å². The highest BCUT2D eigenvalue weighted by molar-refractivity contribution is 7.92. The number of anilines is 2. The molecule has 128 valence electrons. The number of benzene rings is 2. The molecule has 0 heterocycles. The lowest BCUT2D eigenvalue weighted by Crippen LogP contribution is -2.31. The quantitative estimate of drug-likeness (QED) is 0.776. The van der Waals surface area contributed by atoms with Crippen molar-refractivity contribution in [3.05, 3.63) is 59.7 Å². The monoisotopic (exact) mass is 347 g/mol. The predicted molar refractivity (Wildman–Crippen MR) is 96.7 cm³/mol. The third-order valence-electron chi connectivity index (χ3n) is 3.38. The topological polar surface area (TPSA) is 87.3 Å². The fraction of sp³-hybridized carbons (Fsp3) is 0.235. The SMILES string of the molecule is Cc1ccc(NC(=O)NC(C)c2ccccc2NS(C)(=O)=O)cc1. The molecule has 6 nitrogen and oxygen atoms in total. The summed E-state index contributed by atoms with van der Waals surface area (Å²) >= 11 is 0. The fourth-order valence-electron chi connectivity index (χ4n) is 2.25. The Morgan fingerprint density at radius 3 is 2.29 bits per heavy atom. The van der Waals surface area contributed by atoms with E-state index in [0.717, 1.165) is 11.8 Å². The summed E-state index contributed by atoms with van der Waals surface area (Å²) in [4.78, 5) is 12.1. The minimum absolute atomic E-state index is 0.361. The van der Waals surface area contributed by atoms with Crippen LogP contribution in [-0.2, 0) is 10.0 Å². The van der Waals surface area contributed by atoms with Gasteiger partial charge in [-0.05, 0) is 37.6 Å². The second-order valence-corrected chi connectivity index (χ2v) is 7.40. The van der Waals surface area contributed by atoms with Crippen LogP contribution in [0.5, 0.6) is 0 Å². The number of carbonyl (C=O) groups excluding carboxylic acids is 1. The summed E-state index contributed by atoms with van der Waals surface area (Å²) in [6.07, 6.45) is 1.09. The van der Waals surface area contributed by atoms with Crippen LogP contribution in [-0.4, -0.2) is 20.7 Å². The predicted octanol–water partition coefficient (Wildman–Crippen LogP) is 3.25. The van der Waals surface area contributed by atoms with Gasteiger partial charge in [-0.1, -0.05) is 35.9 Å². The second kappa shape index (κ2) is 7.35. The maximum Gasteiger partial charge on any atom is 0.319 e. The molecule has 2 aromatic carbocycles. The van der Waals surface area contributed by atoms with Gasteiger partial charge in [0, 0.05) is 5.69 Å². The Hall–Kier alpha value is -2.54. The van der Waals surface area contributed by atoms with Crippen molar-refractivity contribution in [3.8, 4) is 0 Å². The Labute approximate surface area is 142 Å². The van der Waals surface area contributed by atoms with Gasteiger partial charge in [0.05, 0.1) is 18.0 Å². The molecule has 1 unspecified atom stereocenters. The molecule has 0 saturated heterocycles. The van der Waals surface area contributed by atoms with Crippen LogP contribution < -0.4 is 15.4 Å². The van der Waals surface area contributed by atoms with E-state index in [0.29, 0.717) is 16.9 Å². The summed E-state index contributed by atoms with van der Waals surface area (Å²) in [6, 6.07) is 13.7. The molecule has 2 amide bonds. The molecule has 2 rings (SSSR count). The van der Waals surface area contributed by atoms with E-state index in [1.165, 1.54) is 0 Å². The molecular formula is C17H21N3O3S. The normalized spacial score (nSPS) is 12.3. The highest BCUT2D eigenvalue weighted by Gasteiger charge is 2.15. The molecule has 0 saturated carbocycles. The minimum Gasteiger partial charge on any atom is -0.331 e. The molecule has 0 aliphatic heterocycles. The average molecular weight is 347 g/mol. The maximum atomic E-state index is 12.1. The summed E-state index contributed by atoms with van der Waals surface area (Å²) in [5, 5.41) is 5.55. The van der Waals surface area contributed by atoms with Crippen LogP contribution in [0.1, 0.15) is 24.1 Å². The smallest absolute Gasteiger partial charge is 0.319 e. The average Bonchev–Trinajstić information content (AvgIpc) is 2.48. The lowest BCUT2D eigenvalue weighted by Gasteiger charge is -2.18. The molecule has 24 heavy (non-hydrogen) atoms. The first-order valence-corrected chi connectivity index (χ1v) is 9.34. The highest BCUT2D eigenvalue weighted by Crippen LogP contribution is 2.23. The third kappa shape index (κ3) is 5.27. The lowest BCUT2D eigenvalue weighted by atomic mass is 10.1. The Bertz CT molecular complexity index is 817. The number of rotatable bonds is 5. The Balaban J connectivity index is 2.08. The molecule has 0 spiro atoms. The zero-order chi connectivity index (χ0) is 17.7. The number of amides is 2. The number of nitrogens with one attached hydrogen (secondary N) is 3. The highest BCUT2D eigenvalue weighted by atomic mass is 32.2. The number of urea groups is 1. The molecule has 7 heteroatoms. The number of hydrogen-bond acceptors (Lipinski definition) is 3. The molecule has 0 radical (unpaired) electrons. The second-order valence-electron chi connectivity index (χ2n) is 5.65. The van der Waals surface area contributed by atoms with Crippen molar-refractivity contribution >= 4 is 27.4 Å². The van der Waals surface area contributed by atoms with E-state index < -0.39 is 10.0 Å². The molecule has 0 aromatic heterocycles. The fourth-order valence-corrected chi connectivity index (χ4v) is 2.83. The first kappa shape index (κ1) is 17.8. The van der Waals surface area contributed by atoms with Crippen molar-refractivity contribution in [1.82, 2.24) is 5.32 Å². The van der Waals surface area contributed by atoms with Gasteiger partial charge in [0.15, 0.2) is 0 Å². The lowest BCUT2D eigenvalue weighted by molar-refractivity contribution is 0.249. The van der Waals surface area contributed by atoms with Crippen molar-refractivity contribution in [2.75, 3.05) is 16.3 Å². The third-order valence-corrected chi connectivity index (χ3v) is 3.97. The van der Waals surface area contributed by atoms with Gasteiger partial charge >= 0.3 is 6.03 Å². The van der Waals surface area contributed by atoms with Crippen LogP contribution in [0.2, 0.25) is 0 Å². The molecule has 2 aromatic rings. The maximum absolute atomic E-state index is 12.1. The van der Waals surface area contributed by atoms with E-state index in [9.17, 15) is 13.2 Å². The standard InChI is InChI=1S/C17H21N3O3S/c1-12-8-10-14(11-9-12)19-17(21)18-13(2)15-6-4-5-7-16(15)20-24(3,22)23/h4-11,13,20H,1-3H3,(H2,18,19,21). The molecule has 0 aliphatic rings. The van der Waals surface area contributed by atoms with Crippen LogP contribution in [0, 0.1) is 6.92 Å². The number of aryl methyl sites for hydroxylation is 1. The van der Waals surface area contributed by atoms with Crippen molar-refractivity contribution < 1.29 is 13.2 Å². The molecule has 1 atom stereocenters. The van der Waals surface area contributed by atoms with Gasteiger partial charge in [0.2, 0.25) is 10.0 Å². The van der Waals surface area contributed by atoms with Gasteiger partial charge < -0.3 is 10.6 Å².